The van der Waals surface area contributed by atoms with Crippen LogP contribution in [0.25, 0.3) is 6.08 Å². The summed E-state index contributed by atoms with van der Waals surface area (Å²) in [5, 5.41) is 8.53. The van der Waals surface area contributed by atoms with E-state index in [1.807, 2.05) is 6.92 Å². The lowest BCUT2D eigenvalue weighted by Crippen LogP contribution is -2.28. The van der Waals surface area contributed by atoms with Crippen LogP contribution in [0, 0.1) is 0 Å². The lowest BCUT2D eigenvalue weighted by Gasteiger charge is -2.14. The Labute approximate surface area is 119 Å². The first-order valence-corrected chi connectivity index (χ1v) is 8.00. The van der Waals surface area contributed by atoms with Gasteiger partial charge in [-0.15, -0.1) is 0 Å². The molecule has 1 aromatic carbocycles. The van der Waals surface area contributed by atoms with Crippen molar-refractivity contribution in [1.82, 2.24) is 4.72 Å². The van der Waals surface area contributed by atoms with Crippen molar-refractivity contribution < 1.29 is 18.3 Å². The van der Waals surface area contributed by atoms with E-state index in [4.69, 9.17) is 5.11 Å². The van der Waals surface area contributed by atoms with E-state index in [-0.39, 0.29) is 11.8 Å². The van der Waals surface area contributed by atoms with Crippen LogP contribution >= 0.6 is 0 Å². The molecule has 1 aromatic rings. The van der Waals surface area contributed by atoms with Crippen LogP contribution in [0.15, 0.2) is 30.3 Å². The first kappa shape index (κ1) is 16.4. The highest BCUT2D eigenvalue weighted by atomic mass is 32.2. The van der Waals surface area contributed by atoms with E-state index in [1.54, 1.807) is 31.2 Å². The number of hydrogen-bond acceptors (Lipinski definition) is 3. The molecule has 1 unspecified atom stereocenters. The normalized spacial score (nSPS) is 13.5. The van der Waals surface area contributed by atoms with Crippen LogP contribution < -0.4 is 4.72 Å². The van der Waals surface area contributed by atoms with E-state index < -0.39 is 16.0 Å². The van der Waals surface area contributed by atoms with Gasteiger partial charge >= 0.3 is 5.97 Å². The van der Waals surface area contributed by atoms with Crippen molar-refractivity contribution in [3.63, 3.8) is 0 Å². The van der Waals surface area contributed by atoms with Gasteiger partial charge in [0, 0.05) is 12.1 Å². The molecule has 110 valence electrons. The standard InChI is InChI=1S/C14H19NO4S/c1-3-10-20(18,19)15-11(2)13-7-4-12(5-8-13)6-9-14(16)17/h4-9,11,15H,3,10H2,1-2H3,(H,16,17). The van der Waals surface area contributed by atoms with Gasteiger partial charge in [0.05, 0.1) is 5.75 Å². The van der Waals surface area contributed by atoms with Crippen LogP contribution in [0.4, 0.5) is 0 Å². The highest BCUT2D eigenvalue weighted by molar-refractivity contribution is 7.89. The van der Waals surface area contributed by atoms with E-state index in [1.165, 1.54) is 6.08 Å². The summed E-state index contributed by atoms with van der Waals surface area (Å²) in [5.41, 5.74) is 1.58. The highest BCUT2D eigenvalue weighted by Gasteiger charge is 2.14. The molecule has 0 aliphatic carbocycles. The number of benzene rings is 1. The number of rotatable bonds is 7. The zero-order valence-corrected chi connectivity index (χ0v) is 12.4. The number of carbonyl (C=O) groups is 1. The molecule has 0 amide bonds. The predicted molar refractivity (Wildman–Crippen MR) is 78.7 cm³/mol. The third-order valence-corrected chi connectivity index (χ3v) is 4.34. The maximum Gasteiger partial charge on any atom is 0.328 e. The molecule has 0 radical (unpaired) electrons. The van der Waals surface area contributed by atoms with E-state index in [2.05, 4.69) is 4.72 Å². The molecule has 0 aromatic heterocycles. The van der Waals surface area contributed by atoms with Gasteiger partial charge in [-0.3, -0.25) is 0 Å². The molecule has 5 nitrogen and oxygen atoms in total. The first-order valence-electron chi connectivity index (χ1n) is 6.35. The van der Waals surface area contributed by atoms with E-state index in [9.17, 15) is 13.2 Å². The second kappa shape index (κ2) is 7.21. The topological polar surface area (TPSA) is 83.5 Å². The summed E-state index contributed by atoms with van der Waals surface area (Å²) in [5.74, 6) is -0.897. The number of aliphatic carboxylic acids is 1. The number of nitrogens with one attached hydrogen (secondary N) is 1. The molecule has 1 rings (SSSR count). The van der Waals surface area contributed by atoms with Crippen molar-refractivity contribution >= 4 is 22.1 Å². The van der Waals surface area contributed by atoms with Crippen LogP contribution in [-0.4, -0.2) is 25.2 Å². The third-order valence-electron chi connectivity index (χ3n) is 2.68. The Morgan fingerprint density at radius 3 is 2.45 bits per heavy atom. The molecule has 1 atom stereocenters. The Morgan fingerprint density at radius 1 is 1.35 bits per heavy atom. The summed E-state index contributed by atoms with van der Waals surface area (Å²) in [4.78, 5) is 10.4. The summed E-state index contributed by atoms with van der Waals surface area (Å²) in [6.45, 7) is 3.59. The fourth-order valence-electron chi connectivity index (χ4n) is 1.73. The molecule has 0 saturated carbocycles. The van der Waals surface area contributed by atoms with Crippen molar-refractivity contribution in [2.75, 3.05) is 5.75 Å². The summed E-state index contributed by atoms with van der Waals surface area (Å²) in [7, 11) is -3.25. The van der Waals surface area contributed by atoms with Crippen LogP contribution in [0.5, 0.6) is 0 Å². The fraction of sp³-hybridized carbons (Fsp3) is 0.357. The lowest BCUT2D eigenvalue weighted by molar-refractivity contribution is -0.131. The van der Waals surface area contributed by atoms with Gasteiger partial charge in [-0.05, 0) is 30.5 Å². The molecule has 2 N–H and O–H groups in total. The average molecular weight is 297 g/mol. The number of carboxylic acid groups (broad SMARTS) is 1. The Balaban J connectivity index is 2.75. The Hall–Kier alpha value is -1.66. The predicted octanol–water partition coefficient (Wildman–Crippen LogP) is 2.17. The van der Waals surface area contributed by atoms with Gasteiger partial charge in [0.1, 0.15) is 0 Å². The average Bonchev–Trinajstić information content (AvgIpc) is 2.36. The second-order valence-electron chi connectivity index (χ2n) is 4.50. The highest BCUT2D eigenvalue weighted by Crippen LogP contribution is 2.15. The Bertz CT molecular complexity index is 576. The molecule has 0 heterocycles. The molecule has 0 aliphatic rings. The molecule has 0 saturated heterocycles. The van der Waals surface area contributed by atoms with Crippen molar-refractivity contribution in [3.05, 3.63) is 41.5 Å². The molecule has 20 heavy (non-hydrogen) atoms. The van der Waals surface area contributed by atoms with Gasteiger partial charge in [-0.1, -0.05) is 31.2 Å². The zero-order chi connectivity index (χ0) is 15.2. The van der Waals surface area contributed by atoms with Crippen LogP contribution in [0.2, 0.25) is 0 Å². The van der Waals surface area contributed by atoms with Gasteiger partial charge in [-0.2, -0.15) is 0 Å². The summed E-state index contributed by atoms with van der Waals surface area (Å²) < 4.78 is 25.9. The minimum Gasteiger partial charge on any atom is -0.478 e. The molecule has 0 fully saturated rings. The Kier molecular flexibility index (Phi) is 5.91. The zero-order valence-electron chi connectivity index (χ0n) is 11.5. The second-order valence-corrected chi connectivity index (χ2v) is 6.37. The lowest BCUT2D eigenvalue weighted by atomic mass is 10.1. The van der Waals surface area contributed by atoms with E-state index in [0.29, 0.717) is 6.42 Å². The Morgan fingerprint density at radius 2 is 1.95 bits per heavy atom. The van der Waals surface area contributed by atoms with Gasteiger partial charge < -0.3 is 5.11 Å². The van der Waals surface area contributed by atoms with Crippen LogP contribution in [0.3, 0.4) is 0 Å². The summed E-state index contributed by atoms with van der Waals surface area (Å²) in [6, 6.07) is 6.74. The number of carboxylic acids is 1. The van der Waals surface area contributed by atoms with Gasteiger partial charge in [0.15, 0.2) is 0 Å². The molecular formula is C14H19NO4S. The fourth-order valence-corrected chi connectivity index (χ4v) is 3.06. The maximum atomic E-state index is 11.7. The molecular weight excluding hydrogens is 278 g/mol. The quantitative estimate of drug-likeness (QED) is 0.756. The van der Waals surface area contributed by atoms with Crippen LogP contribution in [0.1, 0.15) is 37.4 Å². The van der Waals surface area contributed by atoms with Crippen molar-refractivity contribution in [1.29, 1.82) is 0 Å². The monoisotopic (exact) mass is 297 g/mol. The van der Waals surface area contributed by atoms with Gasteiger partial charge in [0.2, 0.25) is 10.0 Å². The van der Waals surface area contributed by atoms with Crippen molar-refractivity contribution in [3.8, 4) is 0 Å². The third kappa shape index (κ3) is 5.54. The van der Waals surface area contributed by atoms with Crippen LogP contribution in [-0.2, 0) is 14.8 Å². The van der Waals surface area contributed by atoms with Crippen molar-refractivity contribution in [2.24, 2.45) is 0 Å². The summed E-state index contributed by atoms with van der Waals surface area (Å²) >= 11 is 0. The molecule has 0 bridgehead atoms. The van der Waals surface area contributed by atoms with E-state index >= 15 is 0 Å². The maximum absolute atomic E-state index is 11.7. The smallest absolute Gasteiger partial charge is 0.328 e. The SMILES string of the molecule is CCCS(=O)(=O)NC(C)c1ccc(C=CC(=O)O)cc1. The number of sulfonamides is 1. The van der Waals surface area contributed by atoms with Gasteiger partial charge in [0.25, 0.3) is 0 Å². The largest absolute Gasteiger partial charge is 0.478 e. The molecule has 0 spiro atoms. The minimum absolute atomic E-state index is 0.108. The van der Waals surface area contributed by atoms with E-state index in [0.717, 1.165) is 17.2 Å². The van der Waals surface area contributed by atoms with Crippen molar-refractivity contribution in [2.45, 2.75) is 26.3 Å². The summed E-state index contributed by atoms with van der Waals surface area (Å²) in [6.07, 6.45) is 3.11. The molecule has 6 heteroatoms. The number of hydrogen-bond donors (Lipinski definition) is 2. The molecule has 0 aliphatic heterocycles. The minimum atomic E-state index is -3.25. The van der Waals surface area contributed by atoms with Gasteiger partial charge in [-0.25, -0.2) is 17.9 Å². The first-order chi connectivity index (χ1) is 9.34.